The van der Waals surface area contributed by atoms with Crippen molar-refractivity contribution in [3.8, 4) is 28.1 Å². The molecule has 39 heavy (non-hydrogen) atoms. The Morgan fingerprint density at radius 1 is 0.872 bits per heavy atom. The molecule has 194 valence electrons. The van der Waals surface area contributed by atoms with Crippen LogP contribution in [0.4, 0.5) is 5.82 Å². The molecule has 2 N–H and O–H groups in total. The van der Waals surface area contributed by atoms with Gasteiger partial charge in [-0.05, 0) is 58.7 Å². The molecule has 0 fully saturated rings. The molecule has 2 heterocycles. The molecule has 0 aliphatic carbocycles. The minimum absolute atomic E-state index is 0.0314. The Kier molecular flexibility index (Phi) is 7.59. The zero-order valence-electron chi connectivity index (χ0n) is 21.1. The summed E-state index contributed by atoms with van der Waals surface area (Å²) in [5.74, 6) is -0.205. The molecule has 0 spiro atoms. The van der Waals surface area contributed by atoms with Crippen LogP contribution in [0.25, 0.3) is 28.5 Å². The van der Waals surface area contributed by atoms with Crippen LogP contribution in [0.15, 0.2) is 91.0 Å². The minimum Gasteiger partial charge on any atom is -0.493 e. The highest BCUT2D eigenvalue weighted by Gasteiger charge is 2.16. The Balaban J connectivity index is 1.33. The predicted molar refractivity (Wildman–Crippen MR) is 150 cm³/mol. The molecule has 0 saturated heterocycles. The van der Waals surface area contributed by atoms with Crippen LogP contribution in [-0.2, 0) is 16.0 Å². The monoisotopic (exact) mass is 518 g/mol. The van der Waals surface area contributed by atoms with Crippen molar-refractivity contribution in [1.29, 1.82) is 0 Å². The third-order valence-electron chi connectivity index (χ3n) is 6.42. The van der Waals surface area contributed by atoms with Crippen molar-refractivity contribution in [2.75, 3.05) is 11.9 Å². The molecule has 0 unspecified atom stereocenters. The Bertz CT molecular complexity index is 1560. The molecule has 7 nitrogen and oxygen atoms in total. The van der Waals surface area contributed by atoms with Crippen LogP contribution in [0.1, 0.15) is 34.3 Å². The summed E-state index contributed by atoms with van der Waals surface area (Å²) in [6, 6.07) is 26.2. The molecule has 1 aliphatic rings. The van der Waals surface area contributed by atoms with E-state index in [1.165, 1.54) is 6.08 Å². The first kappa shape index (κ1) is 25.6. The first-order valence-corrected chi connectivity index (χ1v) is 12.6. The fourth-order valence-corrected chi connectivity index (χ4v) is 4.41. The number of aliphatic carboxylic acids is 1. The molecule has 1 aromatic heterocycles. The van der Waals surface area contributed by atoms with E-state index >= 15 is 0 Å². The van der Waals surface area contributed by atoms with Crippen LogP contribution >= 0.6 is 0 Å². The largest absolute Gasteiger partial charge is 0.493 e. The van der Waals surface area contributed by atoms with Gasteiger partial charge in [-0.2, -0.15) is 0 Å². The average molecular weight is 519 g/mol. The van der Waals surface area contributed by atoms with E-state index in [4.69, 9.17) is 9.84 Å². The van der Waals surface area contributed by atoms with Gasteiger partial charge in [0.2, 0.25) is 5.91 Å². The Labute approximate surface area is 225 Å². The van der Waals surface area contributed by atoms with Crippen LogP contribution < -0.4 is 10.1 Å². The molecular weight excluding hydrogens is 492 g/mol. The van der Waals surface area contributed by atoms with Crippen molar-refractivity contribution in [2.24, 2.45) is 0 Å². The molecule has 0 bridgehead atoms. The van der Waals surface area contributed by atoms with Gasteiger partial charge in [0, 0.05) is 36.5 Å². The van der Waals surface area contributed by atoms with Crippen LogP contribution in [-0.4, -0.2) is 34.4 Å². The number of ether oxygens (including phenoxy) is 1. The number of Topliss-reactive ketones (excluding diaryl/α,β-unsaturated/α-hetero) is 1. The number of ketones is 1. The van der Waals surface area contributed by atoms with Crippen molar-refractivity contribution >= 4 is 29.6 Å². The third-order valence-corrected chi connectivity index (χ3v) is 6.42. The molecule has 7 heteroatoms. The van der Waals surface area contributed by atoms with Gasteiger partial charge < -0.3 is 15.2 Å². The summed E-state index contributed by atoms with van der Waals surface area (Å²) in [7, 11) is 0. The molecule has 0 atom stereocenters. The second-order valence-electron chi connectivity index (χ2n) is 9.18. The number of amides is 1. The number of carbonyl (C=O) groups excluding carboxylic acids is 2. The van der Waals surface area contributed by atoms with Crippen LogP contribution in [0.2, 0.25) is 0 Å². The van der Waals surface area contributed by atoms with Gasteiger partial charge >= 0.3 is 5.97 Å². The summed E-state index contributed by atoms with van der Waals surface area (Å²) in [6.07, 6.45) is 3.51. The lowest BCUT2D eigenvalue weighted by Crippen LogP contribution is -2.14. The number of hydrogen-bond acceptors (Lipinski definition) is 5. The van der Waals surface area contributed by atoms with Crippen LogP contribution in [0.3, 0.4) is 0 Å². The van der Waals surface area contributed by atoms with E-state index < -0.39 is 5.97 Å². The molecule has 0 saturated carbocycles. The van der Waals surface area contributed by atoms with Gasteiger partial charge in [-0.15, -0.1) is 0 Å². The number of carboxylic acid groups (broad SMARTS) is 1. The number of anilines is 1. The van der Waals surface area contributed by atoms with Crippen molar-refractivity contribution in [3.05, 3.63) is 108 Å². The summed E-state index contributed by atoms with van der Waals surface area (Å²) in [4.78, 5) is 41.0. The Morgan fingerprint density at radius 3 is 2.44 bits per heavy atom. The van der Waals surface area contributed by atoms with Crippen molar-refractivity contribution in [2.45, 2.75) is 19.3 Å². The van der Waals surface area contributed by atoms with E-state index in [9.17, 15) is 14.4 Å². The summed E-state index contributed by atoms with van der Waals surface area (Å²) in [5, 5.41) is 11.7. The van der Waals surface area contributed by atoms with Gasteiger partial charge in [-0.3, -0.25) is 9.59 Å². The molecule has 1 aliphatic heterocycles. The zero-order chi connectivity index (χ0) is 27.2. The van der Waals surface area contributed by atoms with Crippen molar-refractivity contribution in [1.82, 2.24) is 4.98 Å². The van der Waals surface area contributed by atoms with Gasteiger partial charge in [0.05, 0.1) is 12.3 Å². The van der Waals surface area contributed by atoms with E-state index in [1.807, 2.05) is 72.8 Å². The highest BCUT2D eigenvalue weighted by atomic mass is 16.5. The molecule has 3 aromatic carbocycles. The summed E-state index contributed by atoms with van der Waals surface area (Å²) >= 11 is 0. The van der Waals surface area contributed by atoms with E-state index in [0.29, 0.717) is 23.7 Å². The average Bonchev–Trinajstić information content (AvgIpc) is 3.43. The lowest BCUT2D eigenvalue weighted by molar-refractivity contribution is -0.131. The number of nitrogens with zero attached hydrogens (tertiary/aromatic N) is 1. The smallest absolute Gasteiger partial charge is 0.328 e. The predicted octanol–water partition coefficient (Wildman–Crippen LogP) is 6.05. The Hall–Kier alpha value is -5.04. The number of benzene rings is 3. The normalized spacial score (nSPS) is 12.1. The number of carboxylic acids is 1. The third kappa shape index (κ3) is 6.45. The van der Waals surface area contributed by atoms with Gasteiger partial charge in [-0.25, -0.2) is 9.78 Å². The Morgan fingerprint density at radius 2 is 1.67 bits per heavy atom. The van der Waals surface area contributed by atoms with E-state index in [-0.39, 0.29) is 24.5 Å². The number of fused-ring (bicyclic) bond motifs is 1. The molecule has 5 rings (SSSR count). The molecule has 0 radical (unpaired) electrons. The summed E-state index contributed by atoms with van der Waals surface area (Å²) in [6.45, 7) is 0.623. The maximum absolute atomic E-state index is 12.8. The van der Waals surface area contributed by atoms with Crippen LogP contribution in [0, 0.1) is 0 Å². The molecule has 4 aromatic rings. The number of nitrogens with one attached hydrogen (secondary N) is 1. The van der Waals surface area contributed by atoms with Crippen molar-refractivity contribution < 1.29 is 24.2 Å². The van der Waals surface area contributed by atoms with Gasteiger partial charge in [0.1, 0.15) is 11.6 Å². The van der Waals surface area contributed by atoms with Crippen LogP contribution in [0.5, 0.6) is 5.75 Å². The SMILES string of the molecule is O=C(O)/C=C/c1ccc(-c2cc(NC(=O)CCC(=O)c3ccc4c(c3)CCO4)nc(-c3ccccc3)c2)cc1. The molecular formula is C32H26N2O5. The second-order valence-corrected chi connectivity index (χ2v) is 9.18. The number of aromatic nitrogens is 1. The number of rotatable bonds is 9. The van der Waals surface area contributed by atoms with Gasteiger partial charge in [0.15, 0.2) is 5.78 Å². The summed E-state index contributed by atoms with van der Waals surface area (Å²) < 4.78 is 5.50. The second kappa shape index (κ2) is 11.6. The highest BCUT2D eigenvalue weighted by Crippen LogP contribution is 2.29. The fourth-order valence-electron chi connectivity index (χ4n) is 4.41. The van der Waals surface area contributed by atoms with E-state index in [0.717, 1.165) is 46.1 Å². The lowest BCUT2D eigenvalue weighted by atomic mass is 10.0. The first-order valence-electron chi connectivity index (χ1n) is 12.6. The van der Waals surface area contributed by atoms with Gasteiger partial charge in [0.25, 0.3) is 0 Å². The van der Waals surface area contributed by atoms with E-state index in [1.54, 1.807) is 12.1 Å². The number of pyridine rings is 1. The maximum atomic E-state index is 12.8. The number of hydrogen-bond donors (Lipinski definition) is 2. The first-order chi connectivity index (χ1) is 18.9. The quantitative estimate of drug-likeness (QED) is 0.206. The standard InChI is InChI=1S/C32H26N2O5/c35-28(24-11-13-29-25(18-24)16-17-39-29)12-14-31(36)34-30-20-26(19-27(33-30)23-4-2-1-3-5-23)22-9-6-21(7-10-22)8-15-32(37)38/h1-11,13,15,18-20H,12,14,16-17H2,(H,37,38)(H,33,34,36)/b15-8+. The zero-order valence-corrected chi connectivity index (χ0v) is 21.1. The minimum atomic E-state index is -1.01. The summed E-state index contributed by atoms with van der Waals surface area (Å²) in [5.41, 5.74) is 5.66. The lowest BCUT2D eigenvalue weighted by Gasteiger charge is -2.11. The topological polar surface area (TPSA) is 106 Å². The maximum Gasteiger partial charge on any atom is 0.328 e. The number of carbonyl (C=O) groups is 3. The highest BCUT2D eigenvalue weighted by molar-refractivity contribution is 6.00. The van der Waals surface area contributed by atoms with E-state index in [2.05, 4.69) is 10.3 Å². The van der Waals surface area contributed by atoms with Gasteiger partial charge in [-0.1, -0.05) is 54.6 Å². The fraction of sp³-hybridized carbons (Fsp3) is 0.125. The van der Waals surface area contributed by atoms with Crippen molar-refractivity contribution in [3.63, 3.8) is 0 Å². The molecule has 1 amide bonds.